The van der Waals surface area contributed by atoms with E-state index in [-0.39, 0.29) is 17.9 Å². The molecular formula is C18H19ClN2O2S. The predicted molar refractivity (Wildman–Crippen MR) is 98.9 cm³/mol. The molecule has 0 aromatic heterocycles. The number of rotatable bonds is 5. The van der Waals surface area contributed by atoms with E-state index < -0.39 is 0 Å². The van der Waals surface area contributed by atoms with Crippen molar-refractivity contribution in [2.24, 2.45) is 0 Å². The van der Waals surface area contributed by atoms with Gasteiger partial charge in [-0.25, -0.2) is 0 Å². The normalized spacial score (nSPS) is 10.5. The molecule has 24 heavy (non-hydrogen) atoms. The van der Waals surface area contributed by atoms with Crippen molar-refractivity contribution in [2.75, 3.05) is 5.32 Å². The van der Waals surface area contributed by atoms with Crippen LogP contribution in [0.1, 0.15) is 31.1 Å². The number of halogens is 1. The molecule has 4 nitrogen and oxygen atoms in total. The third kappa shape index (κ3) is 5.28. The number of anilines is 1. The lowest BCUT2D eigenvalue weighted by Gasteiger charge is -2.13. The van der Waals surface area contributed by atoms with Gasteiger partial charge in [-0.2, -0.15) is 0 Å². The third-order valence-electron chi connectivity index (χ3n) is 3.01. The third-order valence-corrected chi connectivity index (χ3v) is 4.35. The minimum absolute atomic E-state index is 0.0461. The van der Waals surface area contributed by atoms with E-state index >= 15 is 0 Å². The second-order valence-electron chi connectivity index (χ2n) is 5.58. The molecule has 0 saturated carbocycles. The zero-order chi connectivity index (χ0) is 17.7. The van der Waals surface area contributed by atoms with Gasteiger partial charge in [-0.05, 0) is 56.3 Å². The minimum Gasteiger partial charge on any atom is -0.350 e. The Balaban J connectivity index is 2.30. The van der Waals surface area contributed by atoms with E-state index in [1.807, 2.05) is 44.2 Å². The van der Waals surface area contributed by atoms with Crippen LogP contribution in [0.3, 0.4) is 0 Å². The van der Waals surface area contributed by atoms with Gasteiger partial charge in [0.25, 0.3) is 5.91 Å². The van der Waals surface area contributed by atoms with E-state index in [0.29, 0.717) is 16.3 Å². The number of amides is 2. The first-order valence-corrected chi connectivity index (χ1v) is 8.70. The molecule has 0 heterocycles. The largest absolute Gasteiger partial charge is 0.350 e. The number of nitrogens with one attached hydrogen (secondary N) is 2. The van der Waals surface area contributed by atoms with E-state index in [2.05, 4.69) is 10.6 Å². The summed E-state index contributed by atoms with van der Waals surface area (Å²) < 4.78 is 0. The van der Waals surface area contributed by atoms with Gasteiger partial charge in [0.15, 0.2) is 0 Å². The summed E-state index contributed by atoms with van der Waals surface area (Å²) in [5.74, 6) is -0.353. The molecule has 0 bridgehead atoms. The fraction of sp³-hybridized carbons (Fsp3) is 0.222. The first-order valence-electron chi connectivity index (χ1n) is 7.51. The van der Waals surface area contributed by atoms with Gasteiger partial charge in [-0.3, -0.25) is 9.59 Å². The van der Waals surface area contributed by atoms with Gasteiger partial charge >= 0.3 is 0 Å². The van der Waals surface area contributed by atoms with Crippen molar-refractivity contribution in [1.82, 2.24) is 5.32 Å². The van der Waals surface area contributed by atoms with Crippen LogP contribution in [0.4, 0.5) is 5.69 Å². The maximum atomic E-state index is 12.2. The Morgan fingerprint density at radius 3 is 2.33 bits per heavy atom. The lowest BCUT2D eigenvalue weighted by molar-refractivity contribution is -0.114. The second-order valence-corrected chi connectivity index (χ2v) is 7.13. The SMILES string of the molecule is CC(=O)Nc1cc(C(=O)NC(C)C)ccc1Sc1ccc(Cl)cc1. The summed E-state index contributed by atoms with van der Waals surface area (Å²) in [4.78, 5) is 25.5. The molecule has 2 aromatic carbocycles. The van der Waals surface area contributed by atoms with Crippen LogP contribution < -0.4 is 10.6 Å². The summed E-state index contributed by atoms with van der Waals surface area (Å²) in [6.45, 7) is 5.24. The Morgan fingerprint density at radius 2 is 1.75 bits per heavy atom. The van der Waals surface area contributed by atoms with Crippen LogP contribution in [0.2, 0.25) is 5.02 Å². The summed E-state index contributed by atoms with van der Waals surface area (Å²) in [7, 11) is 0. The maximum Gasteiger partial charge on any atom is 0.251 e. The Labute approximate surface area is 151 Å². The molecule has 0 aliphatic heterocycles. The van der Waals surface area contributed by atoms with E-state index in [0.717, 1.165) is 9.79 Å². The number of carbonyl (C=O) groups excluding carboxylic acids is 2. The van der Waals surface area contributed by atoms with Gasteiger partial charge in [0.2, 0.25) is 5.91 Å². The molecule has 2 aromatic rings. The topological polar surface area (TPSA) is 58.2 Å². The first kappa shape index (κ1) is 18.4. The molecule has 2 rings (SSSR count). The average molecular weight is 363 g/mol. The zero-order valence-electron chi connectivity index (χ0n) is 13.7. The van der Waals surface area contributed by atoms with Gasteiger partial charge < -0.3 is 10.6 Å². The lowest BCUT2D eigenvalue weighted by Crippen LogP contribution is -2.30. The molecule has 0 fully saturated rings. The maximum absolute atomic E-state index is 12.2. The van der Waals surface area contributed by atoms with Crippen LogP contribution in [0.15, 0.2) is 52.3 Å². The number of hydrogen-bond donors (Lipinski definition) is 2. The van der Waals surface area contributed by atoms with Crippen LogP contribution in [-0.4, -0.2) is 17.9 Å². The monoisotopic (exact) mass is 362 g/mol. The molecule has 2 N–H and O–H groups in total. The lowest BCUT2D eigenvalue weighted by atomic mass is 10.1. The highest BCUT2D eigenvalue weighted by Crippen LogP contribution is 2.34. The molecule has 0 atom stereocenters. The first-order chi connectivity index (χ1) is 11.3. The number of carbonyl (C=O) groups is 2. The quantitative estimate of drug-likeness (QED) is 0.817. The molecule has 126 valence electrons. The van der Waals surface area contributed by atoms with Gasteiger partial charge in [-0.1, -0.05) is 23.4 Å². The highest BCUT2D eigenvalue weighted by atomic mass is 35.5. The fourth-order valence-corrected chi connectivity index (χ4v) is 3.03. The van der Waals surface area contributed by atoms with Crippen molar-refractivity contribution in [1.29, 1.82) is 0 Å². The van der Waals surface area contributed by atoms with Crippen molar-refractivity contribution in [3.8, 4) is 0 Å². The van der Waals surface area contributed by atoms with Crippen molar-refractivity contribution in [3.63, 3.8) is 0 Å². The van der Waals surface area contributed by atoms with Crippen molar-refractivity contribution >= 4 is 40.9 Å². The smallest absolute Gasteiger partial charge is 0.251 e. The highest BCUT2D eigenvalue weighted by Gasteiger charge is 2.12. The molecule has 0 aliphatic rings. The van der Waals surface area contributed by atoms with Crippen LogP contribution >= 0.6 is 23.4 Å². The zero-order valence-corrected chi connectivity index (χ0v) is 15.3. The van der Waals surface area contributed by atoms with Gasteiger partial charge in [0.05, 0.1) is 5.69 Å². The fourth-order valence-electron chi connectivity index (χ4n) is 2.02. The van der Waals surface area contributed by atoms with Crippen LogP contribution in [-0.2, 0) is 4.79 Å². The van der Waals surface area contributed by atoms with E-state index in [9.17, 15) is 9.59 Å². The molecule has 0 radical (unpaired) electrons. The second kappa shape index (κ2) is 8.22. The Hall–Kier alpha value is -1.98. The van der Waals surface area contributed by atoms with Crippen LogP contribution in [0.5, 0.6) is 0 Å². The standard InChI is InChI=1S/C18H19ClN2O2S/c1-11(2)20-18(23)13-4-9-17(16(10-13)21-12(3)22)24-15-7-5-14(19)6-8-15/h4-11H,1-3H3,(H,20,23)(H,21,22). The van der Waals surface area contributed by atoms with E-state index in [1.165, 1.54) is 18.7 Å². The molecular weight excluding hydrogens is 344 g/mol. The van der Waals surface area contributed by atoms with Crippen LogP contribution in [0.25, 0.3) is 0 Å². The van der Waals surface area contributed by atoms with Crippen molar-refractivity contribution in [3.05, 3.63) is 53.1 Å². The number of benzene rings is 2. The highest BCUT2D eigenvalue weighted by molar-refractivity contribution is 7.99. The van der Waals surface area contributed by atoms with Gasteiger partial charge in [-0.15, -0.1) is 0 Å². The molecule has 0 unspecified atom stereocenters. The van der Waals surface area contributed by atoms with Crippen molar-refractivity contribution < 1.29 is 9.59 Å². The summed E-state index contributed by atoms with van der Waals surface area (Å²) in [6.07, 6.45) is 0. The van der Waals surface area contributed by atoms with E-state index in [4.69, 9.17) is 11.6 Å². The minimum atomic E-state index is -0.186. The van der Waals surface area contributed by atoms with Gasteiger partial charge in [0, 0.05) is 33.3 Å². The summed E-state index contributed by atoms with van der Waals surface area (Å²) in [5.41, 5.74) is 1.12. The Kier molecular flexibility index (Phi) is 6.29. The molecule has 0 saturated heterocycles. The van der Waals surface area contributed by atoms with Crippen molar-refractivity contribution in [2.45, 2.75) is 36.6 Å². The molecule has 6 heteroatoms. The summed E-state index contributed by atoms with van der Waals surface area (Å²) in [6, 6.07) is 12.8. The summed E-state index contributed by atoms with van der Waals surface area (Å²) in [5, 5.41) is 6.30. The summed E-state index contributed by atoms with van der Waals surface area (Å²) >= 11 is 7.40. The molecule has 0 spiro atoms. The molecule has 0 aliphatic carbocycles. The predicted octanol–water partition coefficient (Wildman–Crippen LogP) is 4.59. The van der Waals surface area contributed by atoms with Gasteiger partial charge in [0.1, 0.15) is 0 Å². The average Bonchev–Trinajstić information content (AvgIpc) is 2.50. The Morgan fingerprint density at radius 1 is 1.08 bits per heavy atom. The molecule has 2 amide bonds. The number of hydrogen-bond acceptors (Lipinski definition) is 3. The van der Waals surface area contributed by atoms with E-state index in [1.54, 1.807) is 12.1 Å². The Bertz CT molecular complexity index is 745. The van der Waals surface area contributed by atoms with Crippen LogP contribution in [0, 0.1) is 0 Å².